The Hall–Kier alpha value is -5.86. The van der Waals surface area contributed by atoms with Gasteiger partial charge in [0.15, 0.2) is 0 Å². The van der Waals surface area contributed by atoms with Crippen LogP contribution in [0.2, 0.25) is 0 Å². The second-order valence-corrected chi connectivity index (χ2v) is 11.4. The van der Waals surface area contributed by atoms with Crippen molar-refractivity contribution in [1.82, 2.24) is 9.13 Å². The molecule has 0 atom stereocenters. The molecule has 0 aliphatic heterocycles. The third kappa shape index (κ3) is 3.75. The van der Waals surface area contributed by atoms with Crippen LogP contribution in [0.25, 0.3) is 77.2 Å². The van der Waals surface area contributed by atoms with Crippen molar-refractivity contribution in [1.29, 1.82) is 0 Å². The predicted molar refractivity (Wildman–Crippen MR) is 186 cm³/mol. The first-order valence-corrected chi connectivity index (χ1v) is 15.1. The van der Waals surface area contributed by atoms with Crippen LogP contribution in [0.15, 0.2) is 170 Å². The lowest BCUT2D eigenvalue weighted by Gasteiger charge is -2.12. The van der Waals surface area contributed by atoms with E-state index in [1.165, 1.54) is 71.6 Å². The van der Waals surface area contributed by atoms with Crippen molar-refractivity contribution in [3.63, 3.8) is 0 Å². The average Bonchev–Trinajstić information content (AvgIpc) is 3.62. The summed E-state index contributed by atoms with van der Waals surface area (Å²) in [6.07, 6.45) is 0. The van der Waals surface area contributed by atoms with Crippen LogP contribution in [0.5, 0.6) is 0 Å². The Labute approximate surface area is 255 Å². The highest BCUT2D eigenvalue weighted by atomic mass is 15.0. The van der Waals surface area contributed by atoms with E-state index in [1.54, 1.807) is 0 Å². The van der Waals surface area contributed by atoms with Crippen molar-refractivity contribution in [3.8, 4) is 33.6 Å². The minimum atomic E-state index is 1.16. The van der Waals surface area contributed by atoms with Gasteiger partial charge in [-0.1, -0.05) is 115 Å². The second-order valence-electron chi connectivity index (χ2n) is 11.4. The number of hydrogen-bond acceptors (Lipinski definition) is 0. The first-order valence-electron chi connectivity index (χ1n) is 15.1. The van der Waals surface area contributed by atoms with Crippen LogP contribution in [-0.4, -0.2) is 9.13 Å². The largest absolute Gasteiger partial charge is 0.309 e. The van der Waals surface area contributed by atoms with Gasteiger partial charge in [-0.05, 0) is 76.9 Å². The lowest BCUT2D eigenvalue weighted by Crippen LogP contribution is -1.95. The fourth-order valence-electron chi connectivity index (χ4n) is 6.99. The molecular weight excluding hydrogens is 532 g/mol. The molecule has 0 bridgehead atoms. The fraction of sp³-hybridized carbons (Fsp3) is 0. The van der Waals surface area contributed by atoms with Gasteiger partial charge >= 0.3 is 0 Å². The van der Waals surface area contributed by atoms with E-state index in [4.69, 9.17) is 0 Å². The highest BCUT2D eigenvalue weighted by Crippen LogP contribution is 2.42. The normalized spacial score (nSPS) is 11.6. The van der Waals surface area contributed by atoms with Gasteiger partial charge in [-0.25, -0.2) is 0 Å². The Morgan fingerprint density at radius 2 is 0.705 bits per heavy atom. The van der Waals surface area contributed by atoms with Crippen LogP contribution < -0.4 is 0 Å². The van der Waals surface area contributed by atoms with Crippen LogP contribution in [0, 0.1) is 0 Å². The molecule has 2 aromatic heterocycles. The van der Waals surface area contributed by atoms with Gasteiger partial charge in [-0.3, -0.25) is 0 Å². The maximum atomic E-state index is 2.43. The van der Waals surface area contributed by atoms with Crippen LogP contribution in [0.4, 0.5) is 0 Å². The Kier molecular flexibility index (Phi) is 5.54. The quantitative estimate of drug-likeness (QED) is 0.203. The number of benzene rings is 7. The van der Waals surface area contributed by atoms with E-state index >= 15 is 0 Å². The lowest BCUT2D eigenvalue weighted by molar-refractivity contribution is 1.17. The minimum absolute atomic E-state index is 1.16. The first-order chi connectivity index (χ1) is 21.8. The molecule has 206 valence electrons. The predicted octanol–water partition coefficient (Wildman–Crippen LogP) is 11.2. The minimum Gasteiger partial charge on any atom is -0.309 e. The second kappa shape index (κ2) is 9.86. The molecule has 9 aromatic rings. The number of para-hydroxylation sites is 3. The van der Waals surface area contributed by atoms with Gasteiger partial charge in [0.05, 0.1) is 22.1 Å². The molecule has 0 aliphatic carbocycles. The summed E-state index contributed by atoms with van der Waals surface area (Å²) in [6, 6.07) is 61.3. The molecule has 2 nitrogen and oxygen atoms in total. The molecule has 0 spiro atoms. The van der Waals surface area contributed by atoms with E-state index in [1.807, 2.05) is 0 Å². The van der Waals surface area contributed by atoms with Crippen molar-refractivity contribution in [2.24, 2.45) is 0 Å². The molecular formula is C42H28N2. The number of fused-ring (bicyclic) bond motifs is 7. The molecule has 9 rings (SSSR count). The van der Waals surface area contributed by atoms with Gasteiger partial charge in [-0.15, -0.1) is 0 Å². The molecule has 7 aromatic carbocycles. The topological polar surface area (TPSA) is 9.86 Å². The summed E-state index contributed by atoms with van der Waals surface area (Å²) in [5.74, 6) is 0. The number of aromatic nitrogens is 2. The number of nitrogens with zero attached hydrogens (tertiary/aromatic N) is 2. The molecule has 2 heteroatoms. The number of hydrogen-bond donors (Lipinski definition) is 0. The molecule has 0 saturated heterocycles. The summed E-state index contributed by atoms with van der Waals surface area (Å²) in [4.78, 5) is 0. The van der Waals surface area contributed by atoms with E-state index in [9.17, 15) is 0 Å². The monoisotopic (exact) mass is 560 g/mol. The van der Waals surface area contributed by atoms with Crippen molar-refractivity contribution in [2.75, 3.05) is 0 Å². The van der Waals surface area contributed by atoms with Crippen LogP contribution >= 0.6 is 0 Å². The highest BCUT2D eigenvalue weighted by molar-refractivity contribution is 6.28. The van der Waals surface area contributed by atoms with Gasteiger partial charge in [0.2, 0.25) is 0 Å². The van der Waals surface area contributed by atoms with Gasteiger partial charge < -0.3 is 9.13 Å². The van der Waals surface area contributed by atoms with Gasteiger partial charge in [0.1, 0.15) is 0 Å². The Morgan fingerprint density at radius 3 is 1.34 bits per heavy atom. The molecule has 0 N–H and O–H groups in total. The number of rotatable bonds is 4. The summed E-state index contributed by atoms with van der Waals surface area (Å²) in [7, 11) is 0. The first kappa shape index (κ1) is 24.7. The Bertz CT molecular complexity index is 2480. The molecule has 0 amide bonds. The molecule has 2 heterocycles. The van der Waals surface area contributed by atoms with Crippen LogP contribution in [0.3, 0.4) is 0 Å². The third-order valence-corrected chi connectivity index (χ3v) is 8.89. The summed E-state index contributed by atoms with van der Waals surface area (Å²) in [5.41, 5.74) is 12.1. The molecule has 0 radical (unpaired) electrons. The van der Waals surface area contributed by atoms with E-state index < -0.39 is 0 Å². The van der Waals surface area contributed by atoms with Crippen molar-refractivity contribution < 1.29 is 0 Å². The maximum Gasteiger partial charge on any atom is 0.0548 e. The summed E-state index contributed by atoms with van der Waals surface area (Å²) in [6.45, 7) is 0. The van der Waals surface area contributed by atoms with E-state index in [0.717, 1.165) is 5.69 Å². The fourth-order valence-corrected chi connectivity index (χ4v) is 6.99. The smallest absolute Gasteiger partial charge is 0.0548 e. The highest BCUT2D eigenvalue weighted by Gasteiger charge is 2.20. The van der Waals surface area contributed by atoms with Crippen molar-refractivity contribution in [2.45, 2.75) is 0 Å². The van der Waals surface area contributed by atoms with Crippen LogP contribution in [0.1, 0.15) is 0 Å². The summed E-state index contributed by atoms with van der Waals surface area (Å²) >= 11 is 0. The Balaban J connectivity index is 1.31. The average molecular weight is 561 g/mol. The van der Waals surface area contributed by atoms with E-state index in [0.29, 0.717) is 0 Å². The zero-order valence-electron chi connectivity index (χ0n) is 24.1. The van der Waals surface area contributed by atoms with E-state index in [-0.39, 0.29) is 0 Å². The summed E-state index contributed by atoms with van der Waals surface area (Å²) < 4.78 is 4.83. The molecule has 0 saturated carbocycles. The van der Waals surface area contributed by atoms with Crippen LogP contribution in [-0.2, 0) is 0 Å². The zero-order valence-corrected chi connectivity index (χ0v) is 24.1. The zero-order chi connectivity index (χ0) is 29.0. The SMILES string of the molecule is c1ccc(-c2cccc(-c3cccc(-n4c5ccccc5c5c6c7ccccc7n(-c7ccccc7)c6ccc54)c3)c2)cc1. The Morgan fingerprint density at radius 1 is 0.273 bits per heavy atom. The van der Waals surface area contributed by atoms with Gasteiger partial charge in [-0.2, -0.15) is 0 Å². The lowest BCUT2D eigenvalue weighted by atomic mass is 9.99. The van der Waals surface area contributed by atoms with Gasteiger partial charge in [0, 0.05) is 32.9 Å². The summed E-state index contributed by atoms with van der Waals surface area (Å²) in [5, 5.41) is 5.12. The molecule has 44 heavy (non-hydrogen) atoms. The van der Waals surface area contributed by atoms with Crippen molar-refractivity contribution >= 4 is 43.6 Å². The molecule has 0 unspecified atom stereocenters. The third-order valence-electron chi connectivity index (χ3n) is 8.89. The maximum absolute atomic E-state index is 2.43. The molecule has 0 fully saturated rings. The van der Waals surface area contributed by atoms with E-state index in [2.05, 4.69) is 179 Å². The molecule has 0 aliphatic rings. The van der Waals surface area contributed by atoms with Gasteiger partial charge in [0.25, 0.3) is 0 Å². The standard InChI is InChI=1S/C42H28N2/c1-3-13-29(14-4-1)30-15-11-16-31(27-30)32-17-12-20-34(28-32)44-38-24-10-8-22-36(38)42-40(44)26-25-39-41(42)35-21-7-9-23-37(35)43(39)33-18-5-2-6-19-33/h1-28H. The van der Waals surface area contributed by atoms with Crippen molar-refractivity contribution in [3.05, 3.63) is 170 Å².